The summed E-state index contributed by atoms with van der Waals surface area (Å²) in [4.78, 5) is 42.7. The molecule has 0 N–H and O–H groups in total. The van der Waals surface area contributed by atoms with E-state index >= 15 is 0 Å². The van der Waals surface area contributed by atoms with E-state index in [1.165, 1.54) is 18.3 Å². The van der Waals surface area contributed by atoms with Crippen molar-refractivity contribution in [2.75, 3.05) is 6.61 Å². The fourth-order valence-corrected chi connectivity index (χ4v) is 13.1. The molecule has 10 rings (SSSR count). The van der Waals surface area contributed by atoms with Gasteiger partial charge in [-0.2, -0.15) is 8.78 Å². The van der Waals surface area contributed by atoms with E-state index in [4.69, 9.17) is 9.47 Å². The van der Waals surface area contributed by atoms with Crippen LogP contribution in [0.5, 0.6) is 0 Å². The third kappa shape index (κ3) is 6.97. The van der Waals surface area contributed by atoms with Crippen LogP contribution in [-0.2, 0) is 49.6 Å². The molecule has 14 heteroatoms. The molecule has 0 radical (unpaired) electrons. The Labute approximate surface area is 329 Å². The standard InChI is InChI=1S/C22H26F2O9S.C18H14IS/c23-22(24,34(28,29)30)8-31-18(25)14-12-4-13-15(14)19(26)32-16(13)17(12)33-20(27)21-5-9-1-10(6-21)3-11(2-9)7-21;19-15-11-13-18(14-12-15)20(16-7-3-1-4-8-16)17-9-5-2-6-10-17/h9-17H,1-8H2,(H,28,29,30);1-14H/q;+1/p-1. The average molecular weight is 893 g/mol. The van der Waals surface area contributed by atoms with Crippen LogP contribution in [0.2, 0.25) is 0 Å². The molecule has 0 aromatic heterocycles. The molecule has 1 aliphatic heterocycles. The molecule has 54 heavy (non-hydrogen) atoms. The predicted octanol–water partition coefficient (Wildman–Crippen LogP) is 6.99. The molecular formula is C40H39F2IO9S2. The number of benzene rings is 3. The van der Waals surface area contributed by atoms with Crippen molar-refractivity contribution < 1.29 is 50.3 Å². The van der Waals surface area contributed by atoms with Gasteiger partial charge < -0.3 is 18.8 Å². The molecule has 0 spiro atoms. The number of ether oxygens (including phenoxy) is 3. The van der Waals surface area contributed by atoms with Crippen molar-refractivity contribution in [2.24, 2.45) is 46.8 Å². The second-order valence-electron chi connectivity index (χ2n) is 15.7. The average Bonchev–Trinajstić information content (AvgIpc) is 3.76. The minimum Gasteiger partial charge on any atom is -0.743 e. The van der Waals surface area contributed by atoms with Gasteiger partial charge in [0.1, 0.15) is 12.2 Å². The lowest BCUT2D eigenvalue weighted by Crippen LogP contribution is -2.53. The normalized spacial score (nSPS) is 32.9. The number of esters is 3. The van der Waals surface area contributed by atoms with E-state index in [9.17, 15) is 36.1 Å². The van der Waals surface area contributed by atoms with Crippen LogP contribution in [0.3, 0.4) is 0 Å². The van der Waals surface area contributed by atoms with Crippen LogP contribution >= 0.6 is 22.6 Å². The van der Waals surface area contributed by atoms with Gasteiger partial charge >= 0.3 is 23.2 Å². The van der Waals surface area contributed by atoms with Gasteiger partial charge in [0.05, 0.1) is 28.1 Å². The summed E-state index contributed by atoms with van der Waals surface area (Å²) < 4.78 is 76.3. The first-order valence-electron chi connectivity index (χ1n) is 18.2. The highest BCUT2D eigenvalue weighted by Gasteiger charge is 2.71. The van der Waals surface area contributed by atoms with E-state index in [1.54, 1.807) is 0 Å². The molecule has 6 unspecified atom stereocenters. The fourth-order valence-electron chi connectivity index (χ4n) is 10.5. The molecule has 0 amide bonds. The lowest BCUT2D eigenvalue weighted by Gasteiger charge is -2.55. The van der Waals surface area contributed by atoms with E-state index in [2.05, 4.69) is 112 Å². The molecule has 7 fully saturated rings. The van der Waals surface area contributed by atoms with Gasteiger partial charge in [-0.1, -0.05) is 36.4 Å². The van der Waals surface area contributed by atoms with Gasteiger partial charge in [-0.15, -0.1) is 0 Å². The first kappa shape index (κ1) is 37.8. The number of alkyl halides is 2. The number of fused-ring (bicyclic) bond motifs is 1. The van der Waals surface area contributed by atoms with Crippen LogP contribution in [0.4, 0.5) is 8.78 Å². The van der Waals surface area contributed by atoms with Crippen molar-refractivity contribution in [2.45, 2.75) is 77.1 Å². The predicted molar refractivity (Wildman–Crippen MR) is 199 cm³/mol. The van der Waals surface area contributed by atoms with Crippen molar-refractivity contribution >= 4 is 61.5 Å². The Balaban J connectivity index is 0.000000176. The minimum absolute atomic E-state index is 0.0262. The van der Waals surface area contributed by atoms with Crippen LogP contribution in [0.25, 0.3) is 0 Å². The molecule has 1 saturated heterocycles. The largest absolute Gasteiger partial charge is 0.743 e. The Kier molecular flexibility index (Phi) is 10.1. The summed E-state index contributed by atoms with van der Waals surface area (Å²) in [5, 5.41) is -4.79. The second-order valence-corrected chi connectivity index (χ2v) is 20.4. The van der Waals surface area contributed by atoms with Crippen LogP contribution in [0.1, 0.15) is 44.9 Å². The summed E-state index contributed by atoms with van der Waals surface area (Å²) in [6, 6.07) is 30.3. The SMILES string of the molecule is Ic1ccc([S+](c2ccccc2)c2ccccc2)cc1.O=C1OC2C3CC(C2OC(=O)C24CC5CC(CC(C5)C2)C4)C(C(=O)OCC(F)(F)S(=O)(=O)[O-])C13. The number of carbonyl (C=O) groups excluding carboxylic acids is 3. The van der Waals surface area contributed by atoms with Gasteiger partial charge in [0, 0.05) is 15.4 Å². The first-order valence-corrected chi connectivity index (χ1v) is 22.0. The Morgan fingerprint density at radius 3 is 1.87 bits per heavy atom. The summed E-state index contributed by atoms with van der Waals surface area (Å²) in [5.41, 5.74) is -0.556. The van der Waals surface area contributed by atoms with Crippen LogP contribution in [-0.4, -0.2) is 54.9 Å². The zero-order valence-corrected chi connectivity index (χ0v) is 32.9. The summed E-state index contributed by atoms with van der Waals surface area (Å²) in [6.07, 6.45) is 4.50. The topological polar surface area (TPSA) is 136 Å². The monoisotopic (exact) mass is 892 g/mol. The van der Waals surface area contributed by atoms with E-state index in [1.807, 2.05) is 0 Å². The number of carbonyl (C=O) groups is 3. The molecule has 7 aliphatic rings. The van der Waals surface area contributed by atoms with E-state index < -0.39 is 75.2 Å². The molecule has 6 aliphatic carbocycles. The highest BCUT2D eigenvalue weighted by molar-refractivity contribution is 14.1. The fraction of sp³-hybridized carbons (Fsp3) is 0.475. The van der Waals surface area contributed by atoms with E-state index in [0.717, 1.165) is 38.5 Å². The molecule has 1 heterocycles. The lowest BCUT2D eigenvalue weighted by atomic mass is 9.49. The van der Waals surface area contributed by atoms with Crippen molar-refractivity contribution in [3.8, 4) is 0 Å². The molecule has 6 bridgehead atoms. The summed E-state index contributed by atoms with van der Waals surface area (Å²) >= 11 is 2.35. The maximum absolute atomic E-state index is 13.5. The molecule has 3 aromatic carbocycles. The zero-order valence-electron chi connectivity index (χ0n) is 29.1. The molecular weight excluding hydrogens is 853 g/mol. The first-order chi connectivity index (χ1) is 25.7. The van der Waals surface area contributed by atoms with Gasteiger partial charge in [-0.05, 0) is 134 Å². The summed E-state index contributed by atoms with van der Waals surface area (Å²) in [6.45, 7) is -1.94. The van der Waals surface area contributed by atoms with Gasteiger partial charge in [-0.3, -0.25) is 14.4 Å². The highest BCUT2D eigenvalue weighted by Crippen LogP contribution is 2.62. The molecule has 6 atom stereocenters. The Morgan fingerprint density at radius 1 is 0.833 bits per heavy atom. The number of hydrogen-bond acceptors (Lipinski definition) is 9. The van der Waals surface area contributed by atoms with E-state index in [0.29, 0.717) is 24.2 Å². The summed E-state index contributed by atoms with van der Waals surface area (Å²) in [5.74, 6) is -3.89. The van der Waals surface area contributed by atoms with Gasteiger partial charge in [-0.25, -0.2) is 8.42 Å². The molecule has 286 valence electrons. The Hall–Kier alpha value is -3.08. The van der Waals surface area contributed by atoms with Crippen LogP contribution in [0, 0.1) is 50.4 Å². The Bertz CT molecular complexity index is 1940. The van der Waals surface area contributed by atoms with Gasteiger partial charge in [0.25, 0.3) is 0 Å². The Morgan fingerprint density at radius 2 is 1.35 bits per heavy atom. The van der Waals surface area contributed by atoms with Gasteiger partial charge in [0.2, 0.25) is 0 Å². The third-order valence-corrected chi connectivity index (χ3v) is 16.1. The number of hydrogen-bond donors (Lipinski definition) is 0. The van der Waals surface area contributed by atoms with E-state index in [-0.39, 0.29) is 16.9 Å². The van der Waals surface area contributed by atoms with Crippen molar-refractivity contribution in [1.29, 1.82) is 0 Å². The van der Waals surface area contributed by atoms with Gasteiger partial charge in [0.15, 0.2) is 31.4 Å². The number of halogens is 3. The van der Waals surface area contributed by atoms with Crippen LogP contribution < -0.4 is 0 Å². The van der Waals surface area contributed by atoms with Crippen LogP contribution in [0.15, 0.2) is 99.6 Å². The maximum atomic E-state index is 13.5. The molecule has 6 saturated carbocycles. The third-order valence-electron chi connectivity index (χ3n) is 12.3. The van der Waals surface area contributed by atoms with Crippen molar-refractivity contribution in [3.63, 3.8) is 0 Å². The second kappa shape index (κ2) is 14.5. The highest BCUT2D eigenvalue weighted by atomic mass is 127. The van der Waals surface area contributed by atoms with Crippen molar-refractivity contribution in [3.05, 3.63) is 88.5 Å². The maximum Gasteiger partial charge on any atom is 0.367 e. The zero-order chi connectivity index (χ0) is 38.0. The smallest absolute Gasteiger partial charge is 0.367 e. The minimum atomic E-state index is -6.02. The lowest BCUT2D eigenvalue weighted by molar-refractivity contribution is -0.188. The molecule has 9 nitrogen and oxygen atoms in total. The number of rotatable bonds is 9. The molecule has 3 aromatic rings. The van der Waals surface area contributed by atoms with Crippen molar-refractivity contribution in [1.82, 2.24) is 0 Å². The summed E-state index contributed by atoms with van der Waals surface area (Å²) in [7, 11) is -6.05. The quantitative estimate of drug-likeness (QED) is 0.0733.